The van der Waals surface area contributed by atoms with Crippen molar-refractivity contribution >= 4 is 27.2 Å². The van der Waals surface area contributed by atoms with Crippen LogP contribution in [0.5, 0.6) is 0 Å². The molecule has 0 radical (unpaired) electrons. The normalized spacial score (nSPS) is 24.9. The maximum atomic E-state index is 11.2. The monoisotopic (exact) mass is 250 g/mol. The van der Waals surface area contributed by atoms with Gasteiger partial charge in [0.1, 0.15) is 0 Å². The molecule has 4 nitrogen and oxygen atoms in total. The van der Waals surface area contributed by atoms with Crippen LogP contribution in [0, 0.1) is 0 Å². The summed E-state index contributed by atoms with van der Waals surface area (Å²) in [5, 5.41) is 6.66. The Bertz CT molecular complexity index is 344. The summed E-state index contributed by atoms with van der Waals surface area (Å²) in [5.74, 6) is 0.460. The maximum Gasteiger partial charge on any atom is 0.166 e. The Hall–Kier alpha value is -0.360. The van der Waals surface area contributed by atoms with Crippen molar-refractivity contribution in [3.05, 3.63) is 0 Å². The molecule has 1 aliphatic rings. The van der Waals surface area contributed by atoms with E-state index in [-0.39, 0.29) is 23.1 Å². The summed E-state index contributed by atoms with van der Waals surface area (Å²) >= 11 is 5.10. The molecule has 1 heterocycles. The standard InChI is InChI=1S/C9H18N2O2S2/c1-9(2,3)11-8(14)10-7-4-5-15(12,13)6-7/h7H,4-6H2,1-3H3,(H2,10,11,14)/t7-/m1/s1. The highest BCUT2D eigenvalue weighted by Gasteiger charge is 2.28. The Kier molecular flexibility index (Phi) is 3.60. The first-order valence-electron chi connectivity index (χ1n) is 4.97. The largest absolute Gasteiger partial charge is 0.359 e. The van der Waals surface area contributed by atoms with Gasteiger partial charge >= 0.3 is 0 Å². The Morgan fingerprint density at radius 2 is 2.00 bits per heavy atom. The van der Waals surface area contributed by atoms with Crippen LogP contribution in [-0.4, -0.2) is 36.6 Å². The first kappa shape index (κ1) is 12.7. The smallest absolute Gasteiger partial charge is 0.166 e. The minimum absolute atomic E-state index is 0.0302. The molecule has 15 heavy (non-hydrogen) atoms. The zero-order valence-electron chi connectivity index (χ0n) is 9.33. The van der Waals surface area contributed by atoms with Crippen LogP contribution in [0.3, 0.4) is 0 Å². The van der Waals surface area contributed by atoms with E-state index >= 15 is 0 Å². The molecular formula is C9H18N2O2S2. The highest BCUT2D eigenvalue weighted by atomic mass is 32.2. The molecule has 1 fully saturated rings. The fourth-order valence-electron chi connectivity index (χ4n) is 1.47. The number of thiocarbonyl (C=S) groups is 1. The van der Waals surface area contributed by atoms with E-state index in [2.05, 4.69) is 10.6 Å². The Balaban J connectivity index is 2.41. The summed E-state index contributed by atoms with van der Waals surface area (Å²) in [4.78, 5) is 0. The van der Waals surface area contributed by atoms with Gasteiger partial charge in [-0.25, -0.2) is 8.42 Å². The van der Waals surface area contributed by atoms with E-state index in [4.69, 9.17) is 12.2 Å². The van der Waals surface area contributed by atoms with Gasteiger partial charge in [-0.05, 0) is 39.4 Å². The third-order valence-electron chi connectivity index (χ3n) is 2.06. The molecule has 0 saturated carbocycles. The second kappa shape index (κ2) is 4.25. The van der Waals surface area contributed by atoms with Gasteiger partial charge < -0.3 is 10.6 Å². The number of rotatable bonds is 1. The summed E-state index contributed by atoms with van der Waals surface area (Å²) in [6.45, 7) is 6.02. The van der Waals surface area contributed by atoms with Crippen LogP contribution in [0.25, 0.3) is 0 Å². The van der Waals surface area contributed by atoms with Crippen molar-refractivity contribution < 1.29 is 8.42 Å². The summed E-state index contributed by atoms with van der Waals surface area (Å²) in [7, 11) is -2.83. The quantitative estimate of drug-likeness (QED) is 0.661. The van der Waals surface area contributed by atoms with E-state index in [1.165, 1.54) is 0 Å². The Labute approximate surface area is 96.7 Å². The molecule has 0 spiro atoms. The van der Waals surface area contributed by atoms with Crippen molar-refractivity contribution in [3.8, 4) is 0 Å². The Morgan fingerprint density at radius 3 is 2.40 bits per heavy atom. The van der Waals surface area contributed by atoms with Gasteiger partial charge in [0.25, 0.3) is 0 Å². The molecular weight excluding hydrogens is 232 g/mol. The SMILES string of the molecule is CC(C)(C)NC(=S)N[C@@H]1CCS(=O)(=O)C1. The molecule has 0 aliphatic carbocycles. The van der Waals surface area contributed by atoms with Crippen molar-refractivity contribution in [2.45, 2.75) is 38.8 Å². The van der Waals surface area contributed by atoms with Crippen LogP contribution in [0.4, 0.5) is 0 Å². The lowest BCUT2D eigenvalue weighted by atomic mass is 10.1. The van der Waals surface area contributed by atoms with Crippen molar-refractivity contribution in [3.63, 3.8) is 0 Å². The van der Waals surface area contributed by atoms with E-state index in [1.54, 1.807) is 0 Å². The predicted molar refractivity (Wildman–Crippen MR) is 65.7 cm³/mol. The molecule has 1 rings (SSSR count). The molecule has 2 N–H and O–H groups in total. The van der Waals surface area contributed by atoms with Crippen molar-refractivity contribution in [2.24, 2.45) is 0 Å². The molecule has 6 heteroatoms. The molecule has 88 valence electrons. The van der Waals surface area contributed by atoms with Gasteiger partial charge in [-0.1, -0.05) is 0 Å². The second-order valence-electron chi connectivity index (χ2n) is 4.95. The summed E-state index contributed by atoms with van der Waals surface area (Å²) < 4.78 is 22.4. The zero-order chi connectivity index (χ0) is 11.7. The van der Waals surface area contributed by atoms with Crippen LogP contribution in [0.1, 0.15) is 27.2 Å². The van der Waals surface area contributed by atoms with Gasteiger partial charge in [0, 0.05) is 11.6 Å². The second-order valence-corrected chi connectivity index (χ2v) is 7.59. The van der Waals surface area contributed by atoms with Crippen LogP contribution in [0.2, 0.25) is 0 Å². The van der Waals surface area contributed by atoms with E-state index in [1.807, 2.05) is 20.8 Å². The fraction of sp³-hybridized carbons (Fsp3) is 0.889. The van der Waals surface area contributed by atoms with Gasteiger partial charge in [-0.15, -0.1) is 0 Å². The number of hydrogen-bond acceptors (Lipinski definition) is 3. The topological polar surface area (TPSA) is 58.2 Å². The van der Waals surface area contributed by atoms with Crippen LogP contribution in [-0.2, 0) is 9.84 Å². The third-order valence-corrected chi connectivity index (χ3v) is 4.04. The maximum absolute atomic E-state index is 11.2. The van der Waals surface area contributed by atoms with Crippen LogP contribution in [0.15, 0.2) is 0 Å². The molecule has 1 saturated heterocycles. The third kappa shape index (κ3) is 4.79. The number of hydrogen-bond donors (Lipinski definition) is 2. The van der Waals surface area contributed by atoms with Crippen molar-refractivity contribution in [2.75, 3.05) is 11.5 Å². The van der Waals surface area contributed by atoms with Gasteiger partial charge in [0.2, 0.25) is 0 Å². The Morgan fingerprint density at radius 1 is 1.40 bits per heavy atom. The van der Waals surface area contributed by atoms with E-state index in [9.17, 15) is 8.42 Å². The molecule has 0 unspecified atom stereocenters. The lowest BCUT2D eigenvalue weighted by Gasteiger charge is -2.24. The number of nitrogens with one attached hydrogen (secondary N) is 2. The number of sulfone groups is 1. The minimum Gasteiger partial charge on any atom is -0.359 e. The average molecular weight is 250 g/mol. The van der Waals surface area contributed by atoms with E-state index < -0.39 is 9.84 Å². The molecule has 0 aromatic carbocycles. The van der Waals surface area contributed by atoms with E-state index in [0.29, 0.717) is 11.5 Å². The summed E-state index contributed by atoms with van der Waals surface area (Å²) in [6.07, 6.45) is 0.647. The molecule has 1 atom stereocenters. The van der Waals surface area contributed by atoms with E-state index in [0.717, 1.165) is 0 Å². The van der Waals surface area contributed by atoms with Gasteiger partial charge in [-0.2, -0.15) is 0 Å². The van der Waals surface area contributed by atoms with Gasteiger partial charge in [-0.3, -0.25) is 0 Å². The molecule has 0 aromatic rings. The minimum atomic E-state index is -2.83. The molecule has 0 aromatic heterocycles. The van der Waals surface area contributed by atoms with Gasteiger partial charge in [0.05, 0.1) is 11.5 Å². The van der Waals surface area contributed by atoms with Crippen LogP contribution < -0.4 is 10.6 Å². The van der Waals surface area contributed by atoms with Crippen molar-refractivity contribution in [1.82, 2.24) is 10.6 Å². The molecule has 0 amide bonds. The predicted octanol–water partition coefficient (Wildman–Crippen LogP) is 0.436. The zero-order valence-corrected chi connectivity index (χ0v) is 11.0. The highest BCUT2D eigenvalue weighted by Crippen LogP contribution is 2.11. The average Bonchev–Trinajstić information content (AvgIpc) is 2.25. The summed E-state index contributed by atoms with van der Waals surface area (Å²) in [5.41, 5.74) is -0.0957. The fourth-order valence-corrected chi connectivity index (χ4v) is 3.62. The lowest BCUT2D eigenvalue weighted by molar-refractivity contribution is 0.501. The first-order valence-corrected chi connectivity index (χ1v) is 7.20. The molecule has 1 aliphatic heterocycles. The van der Waals surface area contributed by atoms with Crippen LogP contribution >= 0.6 is 12.2 Å². The highest BCUT2D eigenvalue weighted by molar-refractivity contribution is 7.91. The lowest BCUT2D eigenvalue weighted by Crippen LogP contribution is -2.49. The first-order chi connectivity index (χ1) is 6.68. The van der Waals surface area contributed by atoms with Gasteiger partial charge in [0.15, 0.2) is 14.9 Å². The van der Waals surface area contributed by atoms with Crippen molar-refractivity contribution in [1.29, 1.82) is 0 Å². The molecule has 0 bridgehead atoms. The summed E-state index contributed by atoms with van der Waals surface area (Å²) in [6, 6.07) is -0.0302.